The van der Waals surface area contributed by atoms with Crippen molar-refractivity contribution in [2.24, 2.45) is 0 Å². The highest BCUT2D eigenvalue weighted by Crippen LogP contribution is 2.30. The lowest BCUT2D eigenvalue weighted by atomic mass is 10.1. The number of H-pyrrole nitrogens is 1. The highest BCUT2D eigenvalue weighted by molar-refractivity contribution is 6.33. The van der Waals surface area contributed by atoms with Crippen molar-refractivity contribution in [3.8, 4) is 17.1 Å². The Kier molecular flexibility index (Phi) is 6.07. The molecule has 0 radical (unpaired) electrons. The van der Waals surface area contributed by atoms with Gasteiger partial charge in [-0.2, -0.15) is 17.9 Å². The number of carbonyl (C=O) groups is 1. The minimum absolute atomic E-state index is 0.146. The number of nitrogens with zero attached hydrogens (tertiary/aromatic N) is 2. The van der Waals surface area contributed by atoms with Gasteiger partial charge in [0.15, 0.2) is 5.82 Å². The average molecular weight is 467 g/mol. The van der Waals surface area contributed by atoms with Crippen molar-refractivity contribution in [2.75, 3.05) is 6.61 Å². The van der Waals surface area contributed by atoms with E-state index in [1.807, 2.05) is 0 Å². The van der Waals surface area contributed by atoms with Gasteiger partial charge in [-0.05, 0) is 54.8 Å². The van der Waals surface area contributed by atoms with E-state index in [2.05, 4.69) is 15.4 Å². The molecule has 2 N–H and O–H groups in total. The van der Waals surface area contributed by atoms with Crippen molar-refractivity contribution in [1.29, 1.82) is 0 Å². The number of hydrogen-bond acceptors (Lipinski definition) is 4. The Labute approximate surface area is 185 Å². The first-order valence-electron chi connectivity index (χ1n) is 9.77. The number of hydrogen-bond donors (Lipinski definition) is 2. The zero-order valence-corrected chi connectivity index (χ0v) is 17.3. The number of rotatable bonds is 5. The maximum absolute atomic E-state index is 12.8. The third kappa shape index (κ3) is 4.71. The van der Waals surface area contributed by atoms with Crippen LogP contribution in [0, 0.1) is 0 Å². The van der Waals surface area contributed by atoms with Crippen LogP contribution in [0.1, 0.15) is 24.0 Å². The molecule has 1 atom stereocenters. The lowest BCUT2D eigenvalue weighted by Gasteiger charge is -2.11. The second kappa shape index (κ2) is 8.79. The van der Waals surface area contributed by atoms with Crippen LogP contribution in [0.3, 0.4) is 0 Å². The molecule has 0 saturated carbocycles. The fourth-order valence-electron chi connectivity index (χ4n) is 3.36. The smallest absolute Gasteiger partial charge is 0.368 e. The van der Waals surface area contributed by atoms with Crippen molar-refractivity contribution in [3.05, 3.63) is 69.1 Å². The lowest BCUT2D eigenvalue weighted by molar-refractivity contribution is -0.137. The summed E-state index contributed by atoms with van der Waals surface area (Å²) in [4.78, 5) is 27.1. The first-order valence-corrected chi connectivity index (χ1v) is 10.2. The van der Waals surface area contributed by atoms with E-state index < -0.39 is 23.5 Å². The summed E-state index contributed by atoms with van der Waals surface area (Å²) in [6.07, 6.45) is -3.40. The number of nitrogens with one attached hydrogen (secondary N) is 2. The summed E-state index contributed by atoms with van der Waals surface area (Å²) in [5, 5.41) is 7.29. The van der Waals surface area contributed by atoms with E-state index in [4.69, 9.17) is 16.3 Å². The molecule has 0 spiro atoms. The van der Waals surface area contributed by atoms with Gasteiger partial charge in [-0.25, -0.2) is 4.79 Å². The highest BCUT2D eigenvalue weighted by atomic mass is 35.5. The largest absolute Gasteiger partial charge is 0.416 e. The molecule has 4 rings (SSSR count). The van der Waals surface area contributed by atoms with E-state index in [-0.39, 0.29) is 24.0 Å². The van der Waals surface area contributed by atoms with Crippen LogP contribution in [-0.2, 0) is 22.3 Å². The van der Waals surface area contributed by atoms with Crippen LogP contribution in [0.15, 0.2) is 47.3 Å². The summed E-state index contributed by atoms with van der Waals surface area (Å²) in [6, 6.07) is 9.09. The molecule has 32 heavy (non-hydrogen) atoms. The van der Waals surface area contributed by atoms with Gasteiger partial charge in [-0.15, -0.1) is 5.10 Å². The molecule has 2 aromatic carbocycles. The van der Waals surface area contributed by atoms with Gasteiger partial charge in [-0.3, -0.25) is 9.78 Å². The number of carbonyl (C=O) groups excluding carboxylic acids is 1. The number of aromatic amines is 1. The Hall–Kier alpha value is -3.11. The van der Waals surface area contributed by atoms with Crippen LogP contribution < -0.4 is 11.0 Å². The van der Waals surface area contributed by atoms with Gasteiger partial charge >= 0.3 is 11.9 Å². The Morgan fingerprint density at radius 1 is 1.25 bits per heavy atom. The second-order valence-corrected chi connectivity index (χ2v) is 7.68. The van der Waals surface area contributed by atoms with Crippen molar-refractivity contribution in [2.45, 2.75) is 31.7 Å². The Balaban J connectivity index is 1.55. The minimum atomic E-state index is -4.48. The van der Waals surface area contributed by atoms with Gasteiger partial charge in [0.2, 0.25) is 5.91 Å². The zero-order chi connectivity index (χ0) is 22.9. The molecular formula is C21H18ClF3N4O3. The highest BCUT2D eigenvalue weighted by Gasteiger charge is 2.30. The molecule has 1 fully saturated rings. The number of alkyl halides is 3. The van der Waals surface area contributed by atoms with Gasteiger partial charge < -0.3 is 10.1 Å². The lowest BCUT2D eigenvalue weighted by Crippen LogP contribution is -2.33. The summed E-state index contributed by atoms with van der Waals surface area (Å²) < 4.78 is 44.6. The summed E-state index contributed by atoms with van der Waals surface area (Å²) in [5.74, 6) is -0.0498. The topological polar surface area (TPSA) is 89.0 Å². The first-order chi connectivity index (χ1) is 15.2. The summed E-state index contributed by atoms with van der Waals surface area (Å²) in [6.45, 7) is 0.796. The van der Waals surface area contributed by atoms with E-state index in [1.54, 1.807) is 18.2 Å². The maximum atomic E-state index is 12.8. The Morgan fingerprint density at radius 2 is 2.00 bits per heavy atom. The number of benzene rings is 2. The Morgan fingerprint density at radius 3 is 2.66 bits per heavy atom. The quantitative estimate of drug-likeness (QED) is 0.600. The van der Waals surface area contributed by atoms with Gasteiger partial charge in [0.1, 0.15) is 6.10 Å². The number of halogens is 4. The molecule has 0 bridgehead atoms. The van der Waals surface area contributed by atoms with E-state index in [9.17, 15) is 22.8 Å². The van der Waals surface area contributed by atoms with Gasteiger partial charge in [0.25, 0.3) is 0 Å². The molecule has 1 unspecified atom stereocenters. The van der Waals surface area contributed by atoms with Crippen LogP contribution in [0.4, 0.5) is 13.2 Å². The summed E-state index contributed by atoms with van der Waals surface area (Å²) >= 11 is 6.27. The van der Waals surface area contributed by atoms with Crippen LogP contribution in [0.2, 0.25) is 5.02 Å². The molecule has 1 amide bonds. The fraction of sp³-hybridized carbons (Fsp3) is 0.286. The van der Waals surface area contributed by atoms with Crippen LogP contribution in [0.5, 0.6) is 0 Å². The molecule has 2 heterocycles. The monoisotopic (exact) mass is 466 g/mol. The predicted octanol–water partition coefficient (Wildman–Crippen LogP) is 3.70. The minimum Gasteiger partial charge on any atom is -0.368 e. The van der Waals surface area contributed by atoms with E-state index in [1.165, 1.54) is 0 Å². The van der Waals surface area contributed by atoms with E-state index in [0.29, 0.717) is 23.6 Å². The van der Waals surface area contributed by atoms with Gasteiger partial charge in [0, 0.05) is 18.7 Å². The normalized spacial score (nSPS) is 16.3. The van der Waals surface area contributed by atoms with Crippen molar-refractivity contribution >= 4 is 17.5 Å². The molecule has 11 heteroatoms. The average Bonchev–Trinajstić information content (AvgIpc) is 3.42. The fourth-order valence-corrected chi connectivity index (χ4v) is 3.57. The number of amides is 1. The van der Waals surface area contributed by atoms with Crippen molar-refractivity contribution in [3.63, 3.8) is 0 Å². The third-order valence-electron chi connectivity index (χ3n) is 5.03. The van der Waals surface area contributed by atoms with Gasteiger partial charge in [0.05, 0.1) is 16.3 Å². The SMILES string of the molecule is O=C(NCc1ccc(Cl)c(-c2nn(-c3ccc(C(F)(F)F)cc3)c(=O)[nH]2)c1)C1CCCO1. The Bertz CT molecular complexity index is 1180. The molecule has 7 nitrogen and oxygen atoms in total. The summed E-state index contributed by atoms with van der Waals surface area (Å²) in [7, 11) is 0. The molecule has 1 saturated heterocycles. The molecular weight excluding hydrogens is 449 g/mol. The third-order valence-corrected chi connectivity index (χ3v) is 5.36. The predicted molar refractivity (Wildman–Crippen MR) is 110 cm³/mol. The molecule has 1 aliphatic rings. The molecule has 3 aromatic rings. The zero-order valence-electron chi connectivity index (χ0n) is 16.6. The van der Waals surface area contributed by atoms with Crippen molar-refractivity contribution in [1.82, 2.24) is 20.1 Å². The number of aromatic nitrogens is 3. The molecule has 0 aliphatic carbocycles. The van der Waals surface area contributed by atoms with E-state index >= 15 is 0 Å². The number of ether oxygens (including phenoxy) is 1. The van der Waals surface area contributed by atoms with Crippen LogP contribution >= 0.6 is 11.6 Å². The van der Waals surface area contributed by atoms with Crippen LogP contribution in [-0.4, -0.2) is 33.4 Å². The standard InChI is InChI=1S/C21H18ClF3N4O3/c22-16-8-3-12(11-26-19(30)17-2-1-9-32-17)10-15(16)18-27-20(31)29(28-18)14-6-4-13(5-7-14)21(23,24)25/h3-8,10,17H,1-2,9,11H2,(H,26,30)(H,27,28,31). The summed E-state index contributed by atoms with van der Waals surface area (Å²) in [5.41, 5.74) is -0.153. The van der Waals surface area contributed by atoms with E-state index in [0.717, 1.165) is 40.9 Å². The molecule has 1 aromatic heterocycles. The molecule has 1 aliphatic heterocycles. The van der Waals surface area contributed by atoms with Crippen LogP contribution in [0.25, 0.3) is 17.1 Å². The van der Waals surface area contributed by atoms with Crippen molar-refractivity contribution < 1.29 is 22.7 Å². The second-order valence-electron chi connectivity index (χ2n) is 7.27. The molecule has 168 valence electrons. The van der Waals surface area contributed by atoms with Gasteiger partial charge in [-0.1, -0.05) is 17.7 Å². The first kappa shape index (κ1) is 22.1. The maximum Gasteiger partial charge on any atom is 0.416 e.